The Labute approximate surface area is 112 Å². The van der Waals surface area contributed by atoms with E-state index in [-0.39, 0.29) is 17.9 Å². The Balaban J connectivity index is 2.75. The standard InChI is InChI=1S/C12H15N3O3S/c1-9-7-11(5-4-10(9)8-13)19(17,18)15-6-2-3-12(14)16/h4-5,7,15H,2-3,6H2,1H3,(H2,14,16). The van der Waals surface area contributed by atoms with Gasteiger partial charge in [0.15, 0.2) is 0 Å². The predicted molar refractivity (Wildman–Crippen MR) is 69.5 cm³/mol. The lowest BCUT2D eigenvalue weighted by atomic mass is 10.1. The maximum atomic E-state index is 11.9. The smallest absolute Gasteiger partial charge is 0.240 e. The molecule has 0 saturated heterocycles. The maximum Gasteiger partial charge on any atom is 0.240 e. The monoisotopic (exact) mass is 281 g/mol. The van der Waals surface area contributed by atoms with Gasteiger partial charge in [0.25, 0.3) is 0 Å². The molecule has 0 radical (unpaired) electrons. The molecule has 7 heteroatoms. The first-order chi connectivity index (χ1) is 8.86. The van der Waals surface area contributed by atoms with Gasteiger partial charge in [-0.3, -0.25) is 4.79 Å². The number of nitrogens with one attached hydrogen (secondary N) is 1. The SMILES string of the molecule is Cc1cc(S(=O)(=O)NCCCC(N)=O)ccc1C#N. The topological polar surface area (TPSA) is 113 Å². The molecular formula is C12H15N3O3S. The van der Waals surface area contributed by atoms with E-state index in [0.29, 0.717) is 17.5 Å². The largest absolute Gasteiger partial charge is 0.370 e. The zero-order chi connectivity index (χ0) is 14.5. The molecule has 1 aromatic carbocycles. The van der Waals surface area contributed by atoms with Gasteiger partial charge in [-0.25, -0.2) is 13.1 Å². The Kier molecular flexibility index (Phi) is 5.03. The zero-order valence-electron chi connectivity index (χ0n) is 10.5. The Morgan fingerprint density at radius 2 is 2.16 bits per heavy atom. The highest BCUT2D eigenvalue weighted by Gasteiger charge is 2.14. The van der Waals surface area contributed by atoms with Gasteiger partial charge in [-0.2, -0.15) is 5.26 Å². The summed E-state index contributed by atoms with van der Waals surface area (Å²) in [5.74, 6) is -0.464. The van der Waals surface area contributed by atoms with Crippen molar-refractivity contribution in [1.82, 2.24) is 4.72 Å². The van der Waals surface area contributed by atoms with Crippen LogP contribution in [0.25, 0.3) is 0 Å². The number of primary amides is 1. The van der Waals surface area contributed by atoms with Crippen LogP contribution in [-0.2, 0) is 14.8 Å². The van der Waals surface area contributed by atoms with Crippen molar-refractivity contribution in [3.05, 3.63) is 29.3 Å². The van der Waals surface area contributed by atoms with Crippen molar-refractivity contribution in [2.75, 3.05) is 6.54 Å². The molecule has 0 saturated carbocycles. The molecule has 1 amide bonds. The summed E-state index contributed by atoms with van der Waals surface area (Å²) in [6.45, 7) is 1.81. The van der Waals surface area contributed by atoms with E-state index in [0.717, 1.165) is 0 Å². The lowest BCUT2D eigenvalue weighted by Crippen LogP contribution is -2.26. The molecule has 0 bridgehead atoms. The molecule has 102 valence electrons. The lowest BCUT2D eigenvalue weighted by Gasteiger charge is -2.07. The summed E-state index contributed by atoms with van der Waals surface area (Å²) >= 11 is 0. The van der Waals surface area contributed by atoms with Crippen molar-refractivity contribution >= 4 is 15.9 Å². The van der Waals surface area contributed by atoms with Crippen LogP contribution in [0, 0.1) is 18.3 Å². The molecule has 1 rings (SSSR count). The molecule has 0 aliphatic rings. The minimum Gasteiger partial charge on any atom is -0.370 e. The van der Waals surface area contributed by atoms with Gasteiger partial charge in [0.2, 0.25) is 15.9 Å². The summed E-state index contributed by atoms with van der Waals surface area (Å²) in [5, 5.41) is 8.78. The molecule has 0 atom stereocenters. The molecule has 0 aromatic heterocycles. The number of aryl methyl sites for hydroxylation is 1. The van der Waals surface area contributed by atoms with Crippen LogP contribution in [-0.4, -0.2) is 20.9 Å². The van der Waals surface area contributed by atoms with Crippen LogP contribution < -0.4 is 10.5 Å². The van der Waals surface area contributed by atoms with E-state index in [4.69, 9.17) is 11.0 Å². The minimum atomic E-state index is -3.62. The number of hydrogen-bond acceptors (Lipinski definition) is 4. The van der Waals surface area contributed by atoms with Gasteiger partial charge < -0.3 is 5.73 Å². The van der Waals surface area contributed by atoms with Gasteiger partial charge in [0.05, 0.1) is 16.5 Å². The molecule has 0 heterocycles. The van der Waals surface area contributed by atoms with E-state index in [1.807, 2.05) is 6.07 Å². The van der Waals surface area contributed by atoms with E-state index >= 15 is 0 Å². The van der Waals surface area contributed by atoms with Crippen molar-refractivity contribution in [2.24, 2.45) is 5.73 Å². The predicted octanol–water partition coefficient (Wildman–Crippen LogP) is 0.411. The first kappa shape index (κ1) is 15.1. The summed E-state index contributed by atoms with van der Waals surface area (Å²) in [5.41, 5.74) is 6.00. The van der Waals surface area contributed by atoms with E-state index in [2.05, 4.69) is 4.72 Å². The van der Waals surface area contributed by atoms with Gasteiger partial charge >= 0.3 is 0 Å². The van der Waals surface area contributed by atoms with Crippen molar-refractivity contribution in [3.63, 3.8) is 0 Å². The second kappa shape index (κ2) is 6.31. The third-order valence-electron chi connectivity index (χ3n) is 2.52. The van der Waals surface area contributed by atoms with E-state index < -0.39 is 15.9 Å². The quantitative estimate of drug-likeness (QED) is 0.735. The Morgan fingerprint density at radius 1 is 1.47 bits per heavy atom. The highest BCUT2D eigenvalue weighted by molar-refractivity contribution is 7.89. The summed E-state index contributed by atoms with van der Waals surface area (Å²) < 4.78 is 26.2. The van der Waals surface area contributed by atoms with Crippen molar-refractivity contribution in [1.29, 1.82) is 5.26 Å². The fourth-order valence-electron chi connectivity index (χ4n) is 1.48. The summed E-state index contributed by atoms with van der Waals surface area (Å²) in [6, 6.07) is 6.25. The van der Waals surface area contributed by atoms with Gasteiger partial charge in [-0.15, -0.1) is 0 Å². The highest BCUT2D eigenvalue weighted by atomic mass is 32.2. The molecule has 3 N–H and O–H groups in total. The number of carbonyl (C=O) groups excluding carboxylic acids is 1. The minimum absolute atomic E-state index is 0.100. The van der Waals surface area contributed by atoms with Crippen molar-refractivity contribution < 1.29 is 13.2 Å². The van der Waals surface area contributed by atoms with Crippen LogP contribution in [0.15, 0.2) is 23.1 Å². The molecule has 1 aromatic rings. The molecule has 0 aliphatic heterocycles. The average Bonchev–Trinajstić information content (AvgIpc) is 2.34. The Morgan fingerprint density at radius 3 is 2.68 bits per heavy atom. The number of hydrogen-bond donors (Lipinski definition) is 2. The van der Waals surface area contributed by atoms with E-state index in [1.54, 1.807) is 6.92 Å². The summed E-state index contributed by atoms with van der Waals surface area (Å²) in [7, 11) is -3.62. The summed E-state index contributed by atoms with van der Waals surface area (Å²) in [6.07, 6.45) is 0.485. The second-order valence-electron chi connectivity index (χ2n) is 4.06. The van der Waals surface area contributed by atoms with Gasteiger partial charge in [-0.05, 0) is 37.1 Å². The van der Waals surface area contributed by atoms with Crippen LogP contribution in [0.4, 0.5) is 0 Å². The number of carbonyl (C=O) groups is 1. The lowest BCUT2D eigenvalue weighted by molar-refractivity contribution is -0.118. The first-order valence-corrected chi connectivity index (χ1v) is 7.14. The molecule has 0 unspecified atom stereocenters. The molecule has 0 fully saturated rings. The van der Waals surface area contributed by atoms with Crippen LogP contribution >= 0.6 is 0 Å². The first-order valence-electron chi connectivity index (χ1n) is 5.65. The van der Waals surface area contributed by atoms with E-state index in [1.165, 1.54) is 18.2 Å². The molecule has 6 nitrogen and oxygen atoms in total. The number of nitrogens with zero attached hydrogens (tertiary/aromatic N) is 1. The molecule has 0 aliphatic carbocycles. The van der Waals surface area contributed by atoms with Crippen LogP contribution in [0.1, 0.15) is 24.0 Å². The molecule has 0 spiro atoms. The number of nitriles is 1. The average molecular weight is 281 g/mol. The van der Waals surface area contributed by atoms with Gasteiger partial charge in [-0.1, -0.05) is 0 Å². The van der Waals surface area contributed by atoms with Gasteiger partial charge in [0, 0.05) is 13.0 Å². The van der Waals surface area contributed by atoms with Crippen molar-refractivity contribution in [2.45, 2.75) is 24.7 Å². The van der Waals surface area contributed by atoms with Crippen LogP contribution in [0.3, 0.4) is 0 Å². The third-order valence-corrected chi connectivity index (χ3v) is 3.98. The number of rotatable bonds is 6. The van der Waals surface area contributed by atoms with Crippen LogP contribution in [0.2, 0.25) is 0 Å². The summed E-state index contributed by atoms with van der Waals surface area (Å²) in [4.78, 5) is 10.6. The zero-order valence-corrected chi connectivity index (χ0v) is 11.3. The number of nitrogens with two attached hydrogens (primary N) is 1. The molecular weight excluding hydrogens is 266 g/mol. The molecule has 19 heavy (non-hydrogen) atoms. The normalized spacial score (nSPS) is 10.9. The number of amides is 1. The Bertz CT molecular complexity index is 618. The van der Waals surface area contributed by atoms with E-state index in [9.17, 15) is 13.2 Å². The third kappa shape index (κ3) is 4.35. The number of sulfonamides is 1. The Hall–Kier alpha value is -1.91. The van der Waals surface area contributed by atoms with Crippen LogP contribution in [0.5, 0.6) is 0 Å². The van der Waals surface area contributed by atoms with Crippen molar-refractivity contribution in [3.8, 4) is 6.07 Å². The number of benzene rings is 1. The highest BCUT2D eigenvalue weighted by Crippen LogP contribution is 2.14. The fourth-order valence-corrected chi connectivity index (χ4v) is 2.64. The second-order valence-corrected chi connectivity index (χ2v) is 5.82. The maximum absolute atomic E-state index is 11.9. The van der Waals surface area contributed by atoms with Gasteiger partial charge in [0.1, 0.15) is 0 Å². The fraction of sp³-hybridized carbons (Fsp3) is 0.333.